The Balaban J connectivity index is 2.42. The standard InChI is InChI=1S/C12H12Cl2N3O4/c1-12(2,9-15-16-10(18)21-9)17(11(19)20)8-4-6(13)3-7(14)5-8/h3-5,9,15H,1-2H3,(H,19,20). The highest BCUT2D eigenvalue weighted by Gasteiger charge is 2.45. The van der Waals surface area contributed by atoms with Crippen LogP contribution in [0.2, 0.25) is 10.0 Å². The number of carboxylic acid groups (broad SMARTS) is 1. The number of benzene rings is 1. The van der Waals surface area contributed by atoms with Crippen LogP contribution < -0.4 is 15.8 Å². The number of amides is 2. The third-order valence-corrected chi connectivity index (χ3v) is 3.44. The zero-order chi connectivity index (χ0) is 15.8. The molecular formula is C12H12Cl2N3O4. The molecule has 1 aliphatic rings. The highest BCUT2D eigenvalue weighted by atomic mass is 35.5. The van der Waals surface area contributed by atoms with Gasteiger partial charge in [-0.1, -0.05) is 23.2 Å². The molecule has 1 radical (unpaired) electrons. The van der Waals surface area contributed by atoms with Crippen molar-refractivity contribution < 1.29 is 19.4 Å². The normalized spacial score (nSPS) is 18.1. The van der Waals surface area contributed by atoms with Crippen molar-refractivity contribution in [2.45, 2.75) is 25.6 Å². The summed E-state index contributed by atoms with van der Waals surface area (Å²) < 4.78 is 4.95. The molecule has 2 N–H and O–H groups in total. The topological polar surface area (TPSA) is 93.0 Å². The van der Waals surface area contributed by atoms with Crippen molar-refractivity contribution in [2.75, 3.05) is 4.90 Å². The van der Waals surface area contributed by atoms with Gasteiger partial charge in [0, 0.05) is 10.0 Å². The van der Waals surface area contributed by atoms with E-state index < -0.39 is 24.0 Å². The Morgan fingerprint density at radius 3 is 2.38 bits per heavy atom. The molecule has 1 aromatic carbocycles. The molecule has 1 aromatic rings. The van der Waals surface area contributed by atoms with Crippen LogP contribution in [0.5, 0.6) is 0 Å². The van der Waals surface area contributed by atoms with Crippen LogP contribution in [0, 0.1) is 0 Å². The molecule has 2 amide bonds. The van der Waals surface area contributed by atoms with E-state index in [2.05, 4.69) is 10.9 Å². The third-order valence-electron chi connectivity index (χ3n) is 3.01. The molecule has 0 bridgehead atoms. The lowest BCUT2D eigenvalue weighted by atomic mass is 10.00. The Morgan fingerprint density at radius 1 is 1.38 bits per heavy atom. The number of hydrogen-bond donors (Lipinski definition) is 2. The average Bonchev–Trinajstić information content (AvgIpc) is 2.74. The van der Waals surface area contributed by atoms with Crippen molar-refractivity contribution in [1.82, 2.24) is 10.9 Å². The lowest BCUT2D eigenvalue weighted by molar-refractivity contribution is 0.0783. The molecule has 1 heterocycles. The van der Waals surface area contributed by atoms with Gasteiger partial charge in [0.1, 0.15) is 0 Å². The number of carbonyl (C=O) groups excluding carboxylic acids is 1. The maximum Gasteiger partial charge on any atom is 0.447 e. The number of cyclic esters (lactones) is 1. The number of nitrogens with one attached hydrogen (secondary N) is 1. The average molecular weight is 333 g/mol. The molecule has 1 saturated heterocycles. The van der Waals surface area contributed by atoms with Gasteiger partial charge in [-0.3, -0.25) is 4.90 Å². The van der Waals surface area contributed by atoms with Gasteiger partial charge in [0.2, 0.25) is 0 Å². The molecule has 21 heavy (non-hydrogen) atoms. The van der Waals surface area contributed by atoms with Crippen LogP contribution in [0.3, 0.4) is 0 Å². The number of anilines is 1. The number of ether oxygens (including phenoxy) is 1. The highest BCUT2D eigenvalue weighted by molar-refractivity contribution is 6.35. The monoisotopic (exact) mass is 332 g/mol. The Morgan fingerprint density at radius 2 is 1.95 bits per heavy atom. The summed E-state index contributed by atoms with van der Waals surface area (Å²) in [6.07, 6.45) is -2.98. The van der Waals surface area contributed by atoms with Crippen LogP contribution in [0.15, 0.2) is 18.2 Å². The number of carbonyl (C=O) groups is 2. The Kier molecular flexibility index (Phi) is 4.18. The molecule has 0 aromatic heterocycles. The molecule has 1 fully saturated rings. The predicted molar refractivity (Wildman–Crippen MR) is 76.6 cm³/mol. The van der Waals surface area contributed by atoms with Crippen LogP contribution in [0.1, 0.15) is 13.8 Å². The molecular weight excluding hydrogens is 321 g/mol. The molecule has 7 nitrogen and oxygen atoms in total. The summed E-state index contributed by atoms with van der Waals surface area (Å²) in [5.41, 5.74) is 4.95. The maximum absolute atomic E-state index is 11.6. The summed E-state index contributed by atoms with van der Waals surface area (Å²) >= 11 is 11.8. The second-order valence-corrected chi connectivity index (χ2v) is 5.78. The van der Waals surface area contributed by atoms with E-state index in [4.69, 9.17) is 27.9 Å². The third kappa shape index (κ3) is 3.15. The van der Waals surface area contributed by atoms with Gasteiger partial charge in [-0.05, 0) is 32.0 Å². The van der Waals surface area contributed by atoms with Gasteiger partial charge in [0.15, 0.2) is 6.23 Å². The first kappa shape index (κ1) is 15.7. The SMILES string of the molecule is CC(C)(C1N[N]C(=O)O1)N(C(=O)O)c1cc(Cl)cc(Cl)c1. The van der Waals surface area contributed by atoms with Crippen LogP contribution in [0.25, 0.3) is 0 Å². The first-order chi connectivity index (χ1) is 9.71. The fraction of sp³-hybridized carbons (Fsp3) is 0.333. The molecule has 1 atom stereocenters. The smallest absolute Gasteiger partial charge is 0.447 e. The van der Waals surface area contributed by atoms with E-state index in [9.17, 15) is 14.7 Å². The molecule has 1 aliphatic heterocycles. The number of nitrogens with zero attached hydrogens (tertiary/aromatic N) is 2. The van der Waals surface area contributed by atoms with Gasteiger partial charge in [-0.25, -0.2) is 9.59 Å². The molecule has 1 unspecified atom stereocenters. The number of halogens is 2. The minimum Gasteiger partial charge on any atom is -0.465 e. The summed E-state index contributed by atoms with van der Waals surface area (Å²) in [6.45, 7) is 3.17. The molecule has 9 heteroatoms. The van der Waals surface area contributed by atoms with Crippen LogP contribution in [-0.4, -0.2) is 29.1 Å². The Labute approximate surface area is 130 Å². The number of hydrogen-bond acceptors (Lipinski definition) is 4. The lowest BCUT2D eigenvalue weighted by Crippen LogP contribution is -2.59. The van der Waals surface area contributed by atoms with Gasteiger partial charge >= 0.3 is 12.2 Å². The minimum atomic E-state index is -1.25. The maximum atomic E-state index is 11.6. The largest absolute Gasteiger partial charge is 0.465 e. The Hall–Kier alpha value is -1.70. The summed E-state index contributed by atoms with van der Waals surface area (Å²) in [6, 6.07) is 4.40. The fourth-order valence-electron chi connectivity index (χ4n) is 2.04. The van der Waals surface area contributed by atoms with E-state index >= 15 is 0 Å². The van der Waals surface area contributed by atoms with E-state index in [0.29, 0.717) is 10.0 Å². The second-order valence-electron chi connectivity index (χ2n) is 4.90. The first-order valence-corrected chi connectivity index (χ1v) is 6.63. The van der Waals surface area contributed by atoms with Crippen molar-refractivity contribution in [2.24, 2.45) is 0 Å². The van der Waals surface area contributed by atoms with Crippen LogP contribution >= 0.6 is 23.2 Å². The Bertz CT molecular complexity index is 574. The van der Waals surface area contributed by atoms with E-state index in [1.54, 1.807) is 13.8 Å². The van der Waals surface area contributed by atoms with Gasteiger partial charge < -0.3 is 9.84 Å². The molecule has 0 spiro atoms. The summed E-state index contributed by atoms with van der Waals surface area (Å²) in [5, 5.41) is 10.1. The number of rotatable bonds is 3. The second kappa shape index (κ2) is 5.59. The summed E-state index contributed by atoms with van der Waals surface area (Å²) in [7, 11) is 0. The van der Waals surface area contributed by atoms with Gasteiger partial charge in [0.05, 0.1) is 11.2 Å². The van der Waals surface area contributed by atoms with Crippen molar-refractivity contribution >= 4 is 41.1 Å². The molecule has 0 saturated carbocycles. The minimum absolute atomic E-state index is 0.259. The fourth-order valence-corrected chi connectivity index (χ4v) is 2.56. The van der Waals surface area contributed by atoms with Crippen molar-refractivity contribution in [3.8, 4) is 0 Å². The van der Waals surface area contributed by atoms with Crippen LogP contribution in [0.4, 0.5) is 15.3 Å². The predicted octanol–water partition coefficient (Wildman–Crippen LogP) is 2.84. The highest BCUT2D eigenvalue weighted by Crippen LogP contribution is 2.32. The van der Waals surface area contributed by atoms with Crippen LogP contribution in [-0.2, 0) is 4.74 Å². The zero-order valence-corrected chi connectivity index (χ0v) is 12.6. The van der Waals surface area contributed by atoms with E-state index in [0.717, 1.165) is 4.90 Å². The van der Waals surface area contributed by atoms with Gasteiger partial charge in [0.25, 0.3) is 0 Å². The van der Waals surface area contributed by atoms with Gasteiger partial charge in [-0.15, -0.1) is 5.43 Å². The summed E-state index contributed by atoms with van der Waals surface area (Å²) in [5.74, 6) is 0. The van der Waals surface area contributed by atoms with E-state index in [1.165, 1.54) is 18.2 Å². The van der Waals surface area contributed by atoms with Crippen molar-refractivity contribution in [1.29, 1.82) is 0 Å². The van der Waals surface area contributed by atoms with Gasteiger partial charge in [-0.2, -0.15) is 5.43 Å². The quantitative estimate of drug-likeness (QED) is 0.887. The molecule has 113 valence electrons. The van der Waals surface area contributed by atoms with Crippen molar-refractivity contribution in [3.63, 3.8) is 0 Å². The molecule has 0 aliphatic carbocycles. The van der Waals surface area contributed by atoms with E-state index in [-0.39, 0.29) is 5.69 Å². The summed E-state index contributed by atoms with van der Waals surface area (Å²) in [4.78, 5) is 23.7. The zero-order valence-electron chi connectivity index (χ0n) is 11.1. The van der Waals surface area contributed by atoms with E-state index in [1.807, 2.05) is 0 Å². The first-order valence-electron chi connectivity index (χ1n) is 5.88. The van der Waals surface area contributed by atoms with Crippen molar-refractivity contribution in [3.05, 3.63) is 28.2 Å². The lowest BCUT2D eigenvalue weighted by Gasteiger charge is -2.38. The molecule has 2 rings (SSSR count).